The fourth-order valence-electron chi connectivity index (χ4n) is 2.41. The molecule has 0 fully saturated rings. The zero-order valence-corrected chi connectivity index (χ0v) is 16.5. The number of nitrogens with one attached hydrogen (secondary N) is 1. The number of benzene rings is 2. The van der Waals surface area contributed by atoms with E-state index in [-0.39, 0.29) is 11.2 Å². The first kappa shape index (κ1) is 20.2. The largest absolute Gasteiger partial charge is 0.490 e. The first-order chi connectivity index (χ1) is 12.6. The first-order valence-electron chi connectivity index (χ1n) is 8.95. The molecule has 0 heterocycles. The molecule has 1 atom stereocenters. The number of rotatable bonds is 10. The van der Waals surface area contributed by atoms with E-state index < -0.39 is 0 Å². The van der Waals surface area contributed by atoms with Crippen molar-refractivity contribution >= 4 is 17.7 Å². The van der Waals surface area contributed by atoms with Crippen molar-refractivity contribution in [2.45, 2.75) is 38.3 Å². The summed E-state index contributed by atoms with van der Waals surface area (Å²) in [5.74, 6) is 2.31. The predicted molar refractivity (Wildman–Crippen MR) is 108 cm³/mol. The highest BCUT2D eigenvalue weighted by Gasteiger charge is 2.14. The molecule has 26 heavy (non-hydrogen) atoms. The molecule has 0 aromatic heterocycles. The normalized spacial score (nSPS) is 11.7. The van der Waals surface area contributed by atoms with Crippen LogP contribution in [0.2, 0.25) is 0 Å². The van der Waals surface area contributed by atoms with E-state index in [2.05, 4.69) is 17.4 Å². The number of hydrogen-bond acceptors (Lipinski definition) is 4. The van der Waals surface area contributed by atoms with Crippen LogP contribution in [0.4, 0.5) is 0 Å². The predicted octanol–water partition coefficient (Wildman–Crippen LogP) is 4.42. The fraction of sp³-hybridized carbons (Fsp3) is 0.381. The van der Waals surface area contributed by atoms with Gasteiger partial charge in [-0.25, -0.2) is 0 Å². The maximum absolute atomic E-state index is 12.3. The van der Waals surface area contributed by atoms with Crippen molar-refractivity contribution in [1.29, 1.82) is 0 Å². The van der Waals surface area contributed by atoms with Gasteiger partial charge in [-0.3, -0.25) is 4.79 Å². The van der Waals surface area contributed by atoms with E-state index in [1.54, 1.807) is 11.8 Å². The van der Waals surface area contributed by atoms with E-state index in [9.17, 15) is 4.79 Å². The lowest BCUT2D eigenvalue weighted by Gasteiger charge is -2.14. The molecular weight excluding hydrogens is 346 g/mol. The van der Waals surface area contributed by atoms with Gasteiger partial charge in [0.05, 0.1) is 18.5 Å². The lowest BCUT2D eigenvalue weighted by Crippen LogP contribution is -2.30. The Morgan fingerprint density at radius 2 is 1.69 bits per heavy atom. The topological polar surface area (TPSA) is 47.6 Å². The van der Waals surface area contributed by atoms with Crippen LogP contribution in [0.3, 0.4) is 0 Å². The molecule has 1 N–H and O–H groups in total. The molecule has 2 rings (SSSR count). The number of amides is 1. The van der Waals surface area contributed by atoms with Crippen LogP contribution >= 0.6 is 11.8 Å². The SMILES string of the molecule is CCOc1ccc(CNC(=O)[C@H](C)SCc2ccccc2)cc1OCC. The van der Waals surface area contributed by atoms with Crippen LogP contribution in [0.1, 0.15) is 31.9 Å². The minimum absolute atomic E-state index is 0.0396. The molecule has 1 amide bonds. The third-order valence-electron chi connectivity index (χ3n) is 3.79. The summed E-state index contributed by atoms with van der Waals surface area (Å²) in [6.45, 7) is 7.46. The van der Waals surface area contributed by atoms with Gasteiger partial charge < -0.3 is 14.8 Å². The van der Waals surface area contributed by atoms with E-state index in [0.717, 1.165) is 17.1 Å². The Labute approximate surface area is 160 Å². The van der Waals surface area contributed by atoms with Crippen molar-refractivity contribution in [2.75, 3.05) is 13.2 Å². The van der Waals surface area contributed by atoms with Gasteiger partial charge in [0.1, 0.15) is 0 Å². The van der Waals surface area contributed by atoms with E-state index in [1.807, 2.05) is 57.2 Å². The van der Waals surface area contributed by atoms with E-state index in [0.29, 0.717) is 25.5 Å². The van der Waals surface area contributed by atoms with Gasteiger partial charge in [-0.2, -0.15) is 0 Å². The molecule has 0 aliphatic heterocycles. The second-order valence-electron chi connectivity index (χ2n) is 5.80. The molecule has 0 aliphatic rings. The highest BCUT2D eigenvalue weighted by molar-refractivity contribution is 7.99. The summed E-state index contributed by atoms with van der Waals surface area (Å²) in [6.07, 6.45) is 0. The summed E-state index contributed by atoms with van der Waals surface area (Å²) in [5, 5.41) is 2.89. The molecule has 0 radical (unpaired) electrons. The summed E-state index contributed by atoms with van der Waals surface area (Å²) >= 11 is 1.64. The summed E-state index contributed by atoms with van der Waals surface area (Å²) in [4.78, 5) is 12.3. The van der Waals surface area contributed by atoms with Crippen LogP contribution < -0.4 is 14.8 Å². The number of hydrogen-bond donors (Lipinski definition) is 1. The average Bonchev–Trinajstić information content (AvgIpc) is 2.67. The Kier molecular flexibility index (Phi) is 8.35. The zero-order chi connectivity index (χ0) is 18.8. The van der Waals surface area contributed by atoms with Crippen molar-refractivity contribution in [3.05, 3.63) is 59.7 Å². The maximum atomic E-state index is 12.3. The molecule has 0 aliphatic carbocycles. The number of ether oxygens (including phenoxy) is 2. The molecule has 0 saturated heterocycles. The van der Waals surface area contributed by atoms with Gasteiger partial charge in [-0.1, -0.05) is 36.4 Å². The number of carbonyl (C=O) groups excluding carboxylic acids is 1. The molecule has 0 unspecified atom stereocenters. The molecule has 0 bridgehead atoms. The highest BCUT2D eigenvalue weighted by Crippen LogP contribution is 2.28. The van der Waals surface area contributed by atoms with Crippen molar-refractivity contribution in [1.82, 2.24) is 5.32 Å². The molecule has 0 spiro atoms. The Bertz CT molecular complexity index is 691. The van der Waals surface area contributed by atoms with Crippen molar-refractivity contribution in [3.8, 4) is 11.5 Å². The summed E-state index contributed by atoms with van der Waals surface area (Å²) in [7, 11) is 0. The fourth-order valence-corrected chi connectivity index (χ4v) is 3.28. The summed E-state index contributed by atoms with van der Waals surface area (Å²) in [6, 6.07) is 16.0. The number of thioether (sulfide) groups is 1. The molecular formula is C21H27NO3S. The van der Waals surface area contributed by atoms with Gasteiger partial charge in [-0.15, -0.1) is 11.8 Å². The lowest BCUT2D eigenvalue weighted by molar-refractivity contribution is -0.120. The van der Waals surface area contributed by atoms with Crippen molar-refractivity contribution < 1.29 is 14.3 Å². The van der Waals surface area contributed by atoms with E-state index >= 15 is 0 Å². The monoisotopic (exact) mass is 373 g/mol. The lowest BCUT2D eigenvalue weighted by atomic mass is 10.2. The molecule has 2 aromatic rings. The quantitative estimate of drug-likeness (QED) is 0.670. The Balaban J connectivity index is 1.86. The maximum Gasteiger partial charge on any atom is 0.233 e. The van der Waals surface area contributed by atoms with Crippen molar-refractivity contribution in [3.63, 3.8) is 0 Å². The van der Waals surface area contributed by atoms with Gasteiger partial charge in [0.15, 0.2) is 11.5 Å². The van der Waals surface area contributed by atoms with Crippen LogP contribution in [0, 0.1) is 0 Å². The standard InChI is InChI=1S/C21H27NO3S/c1-4-24-19-12-11-18(13-20(19)25-5-2)14-22-21(23)16(3)26-15-17-9-7-6-8-10-17/h6-13,16H,4-5,14-15H2,1-3H3,(H,22,23)/t16-/m0/s1. The van der Waals surface area contributed by atoms with Crippen LogP contribution in [0.15, 0.2) is 48.5 Å². The van der Waals surface area contributed by atoms with E-state index in [1.165, 1.54) is 5.56 Å². The van der Waals surface area contributed by atoms with Crippen LogP contribution in [0.5, 0.6) is 11.5 Å². The first-order valence-corrected chi connectivity index (χ1v) is 10.0. The van der Waals surface area contributed by atoms with Gasteiger partial charge in [0.25, 0.3) is 0 Å². The van der Waals surface area contributed by atoms with Gasteiger partial charge in [0.2, 0.25) is 5.91 Å². The van der Waals surface area contributed by atoms with Crippen LogP contribution in [-0.2, 0) is 17.1 Å². The van der Waals surface area contributed by atoms with Gasteiger partial charge in [-0.05, 0) is 44.0 Å². The minimum Gasteiger partial charge on any atom is -0.490 e. The zero-order valence-electron chi connectivity index (χ0n) is 15.7. The Morgan fingerprint density at radius 1 is 1.00 bits per heavy atom. The minimum atomic E-state index is -0.107. The molecule has 0 saturated carbocycles. The second-order valence-corrected chi connectivity index (χ2v) is 7.13. The second kappa shape index (κ2) is 10.8. The molecule has 5 heteroatoms. The summed E-state index contributed by atoms with van der Waals surface area (Å²) in [5.41, 5.74) is 2.22. The van der Waals surface area contributed by atoms with Crippen molar-refractivity contribution in [2.24, 2.45) is 0 Å². The van der Waals surface area contributed by atoms with Gasteiger partial charge >= 0.3 is 0 Å². The Morgan fingerprint density at radius 3 is 2.38 bits per heavy atom. The van der Waals surface area contributed by atoms with Crippen LogP contribution in [-0.4, -0.2) is 24.4 Å². The highest BCUT2D eigenvalue weighted by atomic mass is 32.2. The van der Waals surface area contributed by atoms with E-state index in [4.69, 9.17) is 9.47 Å². The number of carbonyl (C=O) groups is 1. The Hall–Kier alpha value is -2.14. The smallest absolute Gasteiger partial charge is 0.233 e. The molecule has 2 aromatic carbocycles. The third kappa shape index (κ3) is 6.30. The van der Waals surface area contributed by atoms with Crippen LogP contribution in [0.25, 0.3) is 0 Å². The molecule has 4 nitrogen and oxygen atoms in total. The molecule has 140 valence electrons. The summed E-state index contributed by atoms with van der Waals surface area (Å²) < 4.78 is 11.2. The average molecular weight is 374 g/mol. The third-order valence-corrected chi connectivity index (χ3v) is 5.00. The van der Waals surface area contributed by atoms with Gasteiger partial charge in [0, 0.05) is 12.3 Å².